The summed E-state index contributed by atoms with van der Waals surface area (Å²) < 4.78 is 7.16. The molecule has 0 fully saturated rings. The third-order valence-electron chi connectivity index (χ3n) is 1.15. The first-order chi connectivity index (χ1) is 5.59. The number of hydrogen-bond donors (Lipinski definition) is 0. The SMILES string of the molecule is CC(C)Oc1cc(Br)ncc1Br. The molecule has 12 heavy (non-hydrogen) atoms. The molecule has 0 atom stereocenters. The average Bonchev–Trinajstić information content (AvgIpc) is 1.96. The molecule has 0 radical (unpaired) electrons. The molecule has 0 unspecified atom stereocenters. The van der Waals surface area contributed by atoms with Crippen LogP contribution in [-0.4, -0.2) is 11.1 Å². The van der Waals surface area contributed by atoms with Crippen molar-refractivity contribution in [3.8, 4) is 5.75 Å². The van der Waals surface area contributed by atoms with E-state index in [2.05, 4.69) is 36.8 Å². The number of ether oxygens (including phenoxy) is 1. The summed E-state index contributed by atoms with van der Waals surface area (Å²) in [5, 5.41) is 0. The number of aromatic nitrogens is 1. The molecule has 1 aromatic rings. The topological polar surface area (TPSA) is 22.1 Å². The summed E-state index contributed by atoms with van der Waals surface area (Å²) in [5.41, 5.74) is 0. The summed E-state index contributed by atoms with van der Waals surface area (Å²) in [5.74, 6) is 0.812. The van der Waals surface area contributed by atoms with Crippen molar-refractivity contribution in [3.05, 3.63) is 21.3 Å². The highest BCUT2D eigenvalue weighted by Crippen LogP contribution is 2.27. The van der Waals surface area contributed by atoms with Crippen LogP contribution in [-0.2, 0) is 0 Å². The molecular weight excluding hydrogens is 286 g/mol. The zero-order valence-corrected chi connectivity index (χ0v) is 10.0. The maximum absolute atomic E-state index is 5.51. The lowest BCUT2D eigenvalue weighted by Gasteiger charge is -2.10. The van der Waals surface area contributed by atoms with E-state index in [1.807, 2.05) is 19.9 Å². The number of halogens is 2. The molecule has 0 spiro atoms. The lowest BCUT2D eigenvalue weighted by atomic mass is 10.4. The summed E-state index contributed by atoms with van der Waals surface area (Å²) in [6, 6.07) is 1.84. The Morgan fingerprint density at radius 2 is 2.08 bits per heavy atom. The van der Waals surface area contributed by atoms with Crippen LogP contribution in [0.1, 0.15) is 13.8 Å². The highest BCUT2D eigenvalue weighted by atomic mass is 79.9. The molecular formula is C8H9Br2NO. The van der Waals surface area contributed by atoms with Gasteiger partial charge in [-0.05, 0) is 45.7 Å². The molecule has 1 heterocycles. The van der Waals surface area contributed by atoms with Gasteiger partial charge in [0.15, 0.2) is 0 Å². The largest absolute Gasteiger partial charge is 0.490 e. The Balaban J connectivity index is 2.90. The fraction of sp³-hybridized carbons (Fsp3) is 0.375. The highest BCUT2D eigenvalue weighted by Gasteiger charge is 2.04. The summed E-state index contributed by atoms with van der Waals surface area (Å²) in [7, 11) is 0. The summed E-state index contributed by atoms with van der Waals surface area (Å²) in [4.78, 5) is 4.04. The smallest absolute Gasteiger partial charge is 0.138 e. The first-order valence-corrected chi connectivity index (χ1v) is 5.16. The van der Waals surface area contributed by atoms with Gasteiger partial charge >= 0.3 is 0 Å². The molecule has 1 aromatic heterocycles. The minimum atomic E-state index is 0.176. The van der Waals surface area contributed by atoms with Crippen molar-refractivity contribution in [3.63, 3.8) is 0 Å². The zero-order valence-electron chi connectivity index (χ0n) is 6.84. The summed E-state index contributed by atoms with van der Waals surface area (Å²) in [6.07, 6.45) is 1.89. The van der Waals surface area contributed by atoms with Crippen LogP contribution in [0.5, 0.6) is 5.75 Å². The second-order valence-electron chi connectivity index (χ2n) is 2.60. The normalized spacial score (nSPS) is 10.4. The van der Waals surface area contributed by atoms with Crippen LogP contribution in [0, 0.1) is 0 Å². The monoisotopic (exact) mass is 293 g/mol. The number of rotatable bonds is 2. The van der Waals surface area contributed by atoms with Crippen LogP contribution in [0.2, 0.25) is 0 Å². The van der Waals surface area contributed by atoms with Crippen LogP contribution in [0.15, 0.2) is 21.3 Å². The van der Waals surface area contributed by atoms with Gasteiger partial charge in [-0.2, -0.15) is 0 Å². The summed E-state index contributed by atoms with van der Waals surface area (Å²) >= 11 is 6.62. The molecule has 1 rings (SSSR count). The second-order valence-corrected chi connectivity index (χ2v) is 4.27. The minimum Gasteiger partial charge on any atom is -0.490 e. The molecule has 2 nitrogen and oxygen atoms in total. The molecule has 0 aliphatic rings. The van der Waals surface area contributed by atoms with Gasteiger partial charge in [-0.25, -0.2) is 4.98 Å². The number of pyridine rings is 1. The van der Waals surface area contributed by atoms with E-state index in [0.717, 1.165) is 14.8 Å². The number of hydrogen-bond acceptors (Lipinski definition) is 2. The van der Waals surface area contributed by atoms with Crippen molar-refractivity contribution < 1.29 is 4.74 Å². The van der Waals surface area contributed by atoms with Crippen LogP contribution in [0.3, 0.4) is 0 Å². The Bertz CT molecular complexity index is 276. The molecule has 0 saturated carbocycles. The fourth-order valence-corrected chi connectivity index (χ4v) is 1.36. The van der Waals surface area contributed by atoms with Crippen molar-refractivity contribution >= 4 is 31.9 Å². The van der Waals surface area contributed by atoms with Gasteiger partial charge in [0.1, 0.15) is 10.4 Å². The molecule has 66 valence electrons. The van der Waals surface area contributed by atoms with Gasteiger partial charge < -0.3 is 4.74 Å². The molecule has 0 bridgehead atoms. The maximum Gasteiger partial charge on any atom is 0.138 e. The molecule has 0 saturated heterocycles. The third kappa shape index (κ3) is 2.75. The molecule has 0 aromatic carbocycles. The Hall–Kier alpha value is -0.0900. The van der Waals surface area contributed by atoms with Crippen molar-refractivity contribution in [1.82, 2.24) is 4.98 Å². The molecule has 0 aliphatic heterocycles. The maximum atomic E-state index is 5.51. The van der Waals surface area contributed by atoms with Crippen molar-refractivity contribution in [2.75, 3.05) is 0 Å². The van der Waals surface area contributed by atoms with Crippen LogP contribution >= 0.6 is 31.9 Å². The lowest BCUT2D eigenvalue weighted by Crippen LogP contribution is -2.06. The van der Waals surface area contributed by atoms with E-state index in [4.69, 9.17) is 4.74 Å². The van der Waals surface area contributed by atoms with E-state index >= 15 is 0 Å². The summed E-state index contributed by atoms with van der Waals surface area (Å²) in [6.45, 7) is 3.97. The van der Waals surface area contributed by atoms with Crippen LogP contribution in [0.4, 0.5) is 0 Å². The van der Waals surface area contributed by atoms with E-state index in [-0.39, 0.29) is 6.10 Å². The molecule has 0 aliphatic carbocycles. The van der Waals surface area contributed by atoms with E-state index in [9.17, 15) is 0 Å². The van der Waals surface area contributed by atoms with Gasteiger partial charge in [-0.15, -0.1) is 0 Å². The van der Waals surface area contributed by atoms with Crippen molar-refractivity contribution in [2.45, 2.75) is 20.0 Å². The predicted octanol–water partition coefficient (Wildman–Crippen LogP) is 3.39. The van der Waals surface area contributed by atoms with E-state index < -0.39 is 0 Å². The first kappa shape index (κ1) is 9.99. The zero-order chi connectivity index (χ0) is 9.14. The lowest BCUT2D eigenvalue weighted by molar-refractivity contribution is 0.240. The first-order valence-electron chi connectivity index (χ1n) is 3.57. The van der Waals surface area contributed by atoms with Crippen LogP contribution < -0.4 is 4.74 Å². The predicted molar refractivity (Wildman–Crippen MR) is 55.4 cm³/mol. The quantitative estimate of drug-likeness (QED) is 0.780. The Kier molecular flexibility index (Phi) is 3.53. The Labute approximate surface area is 88.6 Å². The second kappa shape index (κ2) is 4.23. The molecule has 0 N–H and O–H groups in total. The fourth-order valence-electron chi connectivity index (χ4n) is 0.741. The third-order valence-corrected chi connectivity index (χ3v) is 2.18. The standard InChI is InChI=1S/C8H9Br2NO/c1-5(2)12-7-3-8(10)11-4-6(7)9/h3-5H,1-2H3. The minimum absolute atomic E-state index is 0.176. The van der Waals surface area contributed by atoms with Gasteiger partial charge in [-0.1, -0.05) is 0 Å². The van der Waals surface area contributed by atoms with E-state index in [0.29, 0.717) is 0 Å². The molecule has 0 amide bonds. The van der Waals surface area contributed by atoms with Gasteiger partial charge in [-0.3, -0.25) is 0 Å². The highest BCUT2D eigenvalue weighted by molar-refractivity contribution is 9.11. The Morgan fingerprint density at radius 1 is 1.42 bits per heavy atom. The average molecular weight is 295 g/mol. The van der Waals surface area contributed by atoms with Crippen molar-refractivity contribution in [2.24, 2.45) is 0 Å². The van der Waals surface area contributed by atoms with Gasteiger partial charge in [0.05, 0.1) is 10.6 Å². The van der Waals surface area contributed by atoms with Crippen LogP contribution in [0.25, 0.3) is 0 Å². The van der Waals surface area contributed by atoms with Gasteiger partial charge in [0, 0.05) is 12.3 Å². The number of nitrogens with zero attached hydrogens (tertiary/aromatic N) is 1. The van der Waals surface area contributed by atoms with E-state index in [1.165, 1.54) is 0 Å². The van der Waals surface area contributed by atoms with E-state index in [1.54, 1.807) is 6.20 Å². The Morgan fingerprint density at radius 3 is 2.67 bits per heavy atom. The van der Waals surface area contributed by atoms with Gasteiger partial charge in [0.25, 0.3) is 0 Å². The van der Waals surface area contributed by atoms with Gasteiger partial charge in [0.2, 0.25) is 0 Å². The molecule has 4 heteroatoms. The van der Waals surface area contributed by atoms with Crippen molar-refractivity contribution in [1.29, 1.82) is 0 Å².